The van der Waals surface area contributed by atoms with Crippen molar-refractivity contribution in [1.29, 1.82) is 5.26 Å². The number of nitrogens with one attached hydrogen (secondary N) is 1. The summed E-state index contributed by atoms with van der Waals surface area (Å²) in [6.45, 7) is 3.49. The summed E-state index contributed by atoms with van der Waals surface area (Å²) in [5.41, 5.74) is 0. The van der Waals surface area contributed by atoms with Gasteiger partial charge in [0.05, 0.1) is 6.07 Å². The van der Waals surface area contributed by atoms with E-state index in [1.807, 2.05) is 6.07 Å². The van der Waals surface area contributed by atoms with Gasteiger partial charge in [-0.3, -0.25) is 0 Å². The molecule has 5 nitrogen and oxygen atoms in total. The summed E-state index contributed by atoms with van der Waals surface area (Å²) in [7, 11) is -3.51. The molecule has 0 spiro atoms. The van der Waals surface area contributed by atoms with Crippen LogP contribution in [-0.2, 0) is 10.2 Å². The fourth-order valence-corrected chi connectivity index (χ4v) is 3.60. The van der Waals surface area contributed by atoms with Crippen LogP contribution in [0.1, 0.15) is 39.5 Å². The van der Waals surface area contributed by atoms with Gasteiger partial charge in [0.15, 0.2) is 0 Å². The Kier molecular flexibility index (Phi) is 4.71. The first kappa shape index (κ1) is 13.4. The molecular weight excluding hydrogens is 226 g/mol. The topological polar surface area (TPSA) is 73.2 Å². The number of nitrogens with zero attached hydrogens (tertiary/aromatic N) is 2. The highest BCUT2D eigenvalue weighted by molar-refractivity contribution is 7.87. The first-order valence-electron chi connectivity index (χ1n) is 5.63. The molecule has 92 valence electrons. The van der Waals surface area contributed by atoms with Crippen molar-refractivity contribution in [3.8, 4) is 6.07 Å². The minimum atomic E-state index is -3.51. The molecule has 1 fully saturated rings. The van der Waals surface area contributed by atoms with Crippen molar-refractivity contribution >= 4 is 10.2 Å². The van der Waals surface area contributed by atoms with Crippen molar-refractivity contribution in [2.24, 2.45) is 0 Å². The number of rotatable bonds is 5. The van der Waals surface area contributed by atoms with Gasteiger partial charge in [-0.25, -0.2) is 0 Å². The van der Waals surface area contributed by atoms with Gasteiger partial charge in [0, 0.05) is 12.1 Å². The summed E-state index contributed by atoms with van der Waals surface area (Å²) in [5, 5.41) is 8.71. The molecule has 0 heterocycles. The van der Waals surface area contributed by atoms with Gasteiger partial charge in [0.2, 0.25) is 0 Å². The Hall–Kier alpha value is -0.640. The zero-order valence-electron chi connectivity index (χ0n) is 9.81. The maximum absolute atomic E-state index is 12.0. The monoisotopic (exact) mass is 245 g/mol. The highest BCUT2D eigenvalue weighted by atomic mass is 32.2. The van der Waals surface area contributed by atoms with Gasteiger partial charge in [0.1, 0.15) is 6.54 Å². The summed E-state index contributed by atoms with van der Waals surface area (Å²) in [5.74, 6) is 0. The fourth-order valence-electron chi connectivity index (χ4n) is 2.04. The lowest BCUT2D eigenvalue weighted by atomic mass is 10.2. The summed E-state index contributed by atoms with van der Waals surface area (Å²) >= 11 is 0. The van der Waals surface area contributed by atoms with Gasteiger partial charge in [-0.1, -0.05) is 12.8 Å². The van der Waals surface area contributed by atoms with Gasteiger partial charge < -0.3 is 0 Å². The highest BCUT2D eigenvalue weighted by Gasteiger charge is 2.31. The third-order valence-electron chi connectivity index (χ3n) is 2.65. The predicted octanol–water partition coefficient (Wildman–Crippen LogP) is 0.997. The van der Waals surface area contributed by atoms with Crippen LogP contribution in [0, 0.1) is 11.3 Å². The molecule has 1 N–H and O–H groups in total. The van der Waals surface area contributed by atoms with Crippen LogP contribution in [0.5, 0.6) is 0 Å². The van der Waals surface area contributed by atoms with E-state index in [-0.39, 0.29) is 18.6 Å². The molecule has 0 aromatic heterocycles. The Labute approximate surface area is 97.6 Å². The lowest BCUT2D eigenvalue weighted by Gasteiger charge is -2.26. The standard InChI is InChI=1S/C10H19N3O2S/c1-9(2)12-16(14,15)13(8-7-11)10-5-3-4-6-10/h9-10,12H,3-6,8H2,1-2H3. The Bertz CT molecular complexity index is 353. The highest BCUT2D eigenvalue weighted by Crippen LogP contribution is 2.24. The second kappa shape index (κ2) is 5.62. The lowest BCUT2D eigenvalue weighted by molar-refractivity contribution is 0.342. The molecule has 1 saturated carbocycles. The second-order valence-electron chi connectivity index (χ2n) is 4.42. The third-order valence-corrected chi connectivity index (χ3v) is 4.47. The van der Waals surface area contributed by atoms with Crippen molar-refractivity contribution in [1.82, 2.24) is 9.03 Å². The Morgan fingerprint density at radius 1 is 1.44 bits per heavy atom. The summed E-state index contributed by atoms with van der Waals surface area (Å²) < 4.78 is 27.8. The van der Waals surface area contributed by atoms with Crippen LogP contribution in [-0.4, -0.2) is 31.4 Å². The van der Waals surface area contributed by atoms with Gasteiger partial charge in [-0.15, -0.1) is 0 Å². The molecule has 0 radical (unpaired) electrons. The van der Waals surface area contributed by atoms with E-state index in [0.717, 1.165) is 25.7 Å². The maximum Gasteiger partial charge on any atom is 0.280 e. The van der Waals surface area contributed by atoms with Crippen molar-refractivity contribution in [3.05, 3.63) is 0 Å². The molecule has 1 aliphatic rings. The summed E-state index contributed by atoms with van der Waals surface area (Å²) in [6, 6.07) is 1.78. The molecule has 0 aliphatic heterocycles. The van der Waals surface area contributed by atoms with E-state index in [1.54, 1.807) is 13.8 Å². The van der Waals surface area contributed by atoms with Crippen molar-refractivity contribution in [2.45, 2.75) is 51.6 Å². The number of hydrogen-bond acceptors (Lipinski definition) is 3. The minimum absolute atomic E-state index is 0.00380. The normalized spacial score (nSPS) is 18.2. The van der Waals surface area contributed by atoms with Crippen LogP contribution in [0.3, 0.4) is 0 Å². The van der Waals surface area contributed by atoms with E-state index in [0.29, 0.717) is 0 Å². The van der Waals surface area contributed by atoms with E-state index in [2.05, 4.69) is 4.72 Å². The minimum Gasteiger partial charge on any atom is -0.200 e. The molecule has 0 bridgehead atoms. The Morgan fingerprint density at radius 2 is 2.00 bits per heavy atom. The molecule has 0 aromatic carbocycles. The average Bonchev–Trinajstić information content (AvgIpc) is 2.64. The molecule has 6 heteroatoms. The molecule has 0 amide bonds. The van der Waals surface area contributed by atoms with E-state index in [4.69, 9.17) is 5.26 Å². The van der Waals surface area contributed by atoms with Gasteiger partial charge in [-0.2, -0.15) is 22.7 Å². The van der Waals surface area contributed by atoms with Crippen molar-refractivity contribution < 1.29 is 8.42 Å². The lowest BCUT2D eigenvalue weighted by Crippen LogP contribution is -2.47. The first-order chi connectivity index (χ1) is 7.47. The van der Waals surface area contributed by atoms with Crippen LogP contribution in [0.2, 0.25) is 0 Å². The second-order valence-corrected chi connectivity index (χ2v) is 6.07. The zero-order valence-corrected chi connectivity index (χ0v) is 10.6. The van der Waals surface area contributed by atoms with Crippen molar-refractivity contribution in [3.63, 3.8) is 0 Å². The summed E-state index contributed by atoms with van der Waals surface area (Å²) in [4.78, 5) is 0. The molecule has 0 aromatic rings. The fraction of sp³-hybridized carbons (Fsp3) is 0.900. The smallest absolute Gasteiger partial charge is 0.200 e. The number of nitriles is 1. The molecule has 0 unspecified atom stereocenters. The largest absolute Gasteiger partial charge is 0.280 e. The molecule has 0 saturated heterocycles. The van der Waals surface area contributed by atoms with Crippen LogP contribution >= 0.6 is 0 Å². The molecule has 16 heavy (non-hydrogen) atoms. The van der Waals surface area contributed by atoms with Crippen LogP contribution in [0.4, 0.5) is 0 Å². The quantitative estimate of drug-likeness (QED) is 0.734. The van der Waals surface area contributed by atoms with Gasteiger partial charge in [0.25, 0.3) is 10.2 Å². The molecule has 1 rings (SSSR count). The SMILES string of the molecule is CC(C)NS(=O)(=O)N(CC#N)C1CCCC1. The molecule has 0 atom stereocenters. The Balaban J connectivity index is 2.80. The Morgan fingerprint density at radius 3 is 2.44 bits per heavy atom. The summed E-state index contributed by atoms with van der Waals surface area (Å²) in [6.07, 6.45) is 3.81. The molecule has 1 aliphatic carbocycles. The van der Waals surface area contributed by atoms with E-state index >= 15 is 0 Å². The van der Waals surface area contributed by atoms with E-state index in [9.17, 15) is 8.42 Å². The zero-order chi connectivity index (χ0) is 12.2. The van der Waals surface area contributed by atoms with Crippen LogP contribution < -0.4 is 4.72 Å². The van der Waals surface area contributed by atoms with Crippen molar-refractivity contribution in [2.75, 3.05) is 6.54 Å². The predicted molar refractivity (Wildman–Crippen MR) is 61.8 cm³/mol. The average molecular weight is 245 g/mol. The van der Waals surface area contributed by atoms with Crippen LogP contribution in [0.15, 0.2) is 0 Å². The van der Waals surface area contributed by atoms with Gasteiger partial charge >= 0.3 is 0 Å². The third kappa shape index (κ3) is 3.44. The van der Waals surface area contributed by atoms with E-state index < -0.39 is 10.2 Å². The molecular formula is C10H19N3O2S. The number of hydrogen-bond donors (Lipinski definition) is 1. The first-order valence-corrected chi connectivity index (χ1v) is 7.07. The van der Waals surface area contributed by atoms with Gasteiger partial charge in [-0.05, 0) is 26.7 Å². The van der Waals surface area contributed by atoms with Crippen LogP contribution in [0.25, 0.3) is 0 Å². The maximum atomic E-state index is 12.0. The van der Waals surface area contributed by atoms with E-state index in [1.165, 1.54) is 4.31 Å².